The summed E-state index contributed by atoms with van der Waals surface area (Å²) >= 11 is 0. The van der Waals surface area contributed by atoms with Crippen molar-refractivity contribution in [2.24, 2.45) is 0 Å². The molecule has 7 nitrogen and oxygen atoms in total. The molecule has 0 spiro atoms. The summed E-state index contributed by atoms with van der Waals surface area (Å²) < 4.78 is 54.2. The van der Waals surface area contributed by atoms with Gasteiger partial charge in [-0.05, 0) is 38.1 Å². The third kappa shape index (κ3) is 4.10. The molecule has 1 heterocycles. The highest BCUT2D eigenvalue weighted by atomic mass is 32.3. The van der Waals surface area contributed by atoms with Crippen molar-refractivity contribution in [1.82, 2.24) is 10.6 Å². The Bertz CT molecular complexity index is 960. The maximum absolute atomic E-state index is 13.8. The average Bonchev–Trinajstić information content (AvgIpc) is 2.81. The normalized spacial score (nSPS) is 18.4. The van der Waals surface area contributed by atoms with Crippen LogP contribution in [0.4, 0.5) is 0 Å². The van der Waals surface area contributed by atoms with Crippen molar-refractivity contribution < 1.29 is 20.1 Å². The lowest BCUT2D eigenvalue weighted by molar-refractivity contribution is -0.670. The molecule has 1 aliphatic rings. The Morgan fingerprint density at radius 2 is 0.966 bits per heavy atom. The number of aryl methyl sites for hydroxylation is 2. The summed E-state index contributed by atoms with van der Waals surface area (Å²) in [6.07, 6.45) is 0. The van der Waals surface area contributed by atoms with E-state index in [2.05, 4.69) is 10.6 Å². The second kappa shape index (κ2) is 8.53. The molecule has 9 heteroatoms. The zero-order chi connectivity index (χ0) is 21.1. The minimum absolute atomic E-state index is 0.0121. The van der Waals surface area contributed by atoms with Crippen molar-refractivity contribution in [3.05, 3.63) is 59.7 Å². The fourth-order valence-corrected chi connectivity index (χ4v) is 8.06. The first-order chi connectivity index (χ1) is 13.7. The predicted octanol–water partition coefficient (Wildman–Crippen LogP) is 1.39. The van der Waals surface area contributed by atoms with Crippen LogP contribution in [0.5, 0.6) is 0 Å². The summed E-state index contributed by atoms with van der Waals surface area (Å²) in [7, 11) is -8.49. The lowest BCUT2D eigenvalue weighted by Gasteiger charge is -2.35. The zero-order valence-corrected chi connectivity index (χ0v) is 18.4. The molecule has 0 bridgehead atoms. The Hall–Kier alpha value is -1.78. The van der Waals surface area contributed by atoms with E-state index in [0.717, 1.165) is 11.1 Å². The molecule has 0 amide bonds. The number of nitrogens with zero attached hydrogens (tertiary/aromatic N) is 1. The van der Waals surface area contributed by atoms with Gasteiger partial charge < -0.3 is 10.6 Å². The van der Waals surface area contributed by atoms with Gasteiger partial charge in [-0.15, -0.1) is 3.29 Å². The van der Waals surface area contributed by atoms with E-state index < -0.39 is 23.3 Å². The van der Waals surface area contributed by atoms with Gasteiger partial charge in [-0.2, -0.15) is 16.8 Å². The lowest BCUT2D eigenvalue weighted by atomic mass is 10.2. The van der Waals surface area contributed by atoms with Crippen LogP contribution >= 0.6 is 0 Å². The van der Waals surface area contributed by atoms with E-state index in [-0.39, 0.29) is 36.0 Å². The number of sulfonamides is 2. The molecule has 3 rings (SSSR count). The molecule has 1 aliphatic heterocycles. The second-order valence-electron chi connectivity index (χ2n) is 7.34. The summed E-state index contributed by atoms with van der Waals surface area (Å²) in [5.41, 5.74) is 1.81. The van der Waals surface area contributed by atoms with Crippen molar-refractivity contribution in [3.8, 4) is 0 Å². The maximum Gasteiger partial charge on any atom is 0.342 e. The Labute approximate surface area is 173 Å². The molecular weight excluding hydrogens is 410 g/mol. The fraction of sp³-hybridized carbons (Fsp3) is 0.400. The topological polar surface area (TPSA) is 92.3 Å². The molecule has 0 atom stereocenters. The molecule has 1 saturated heterocycles. The number of hydrogen-bond acceptors (Lipinski definition) is 6. The quantitative estimate of drug-likeness (QED) is 0.701. The molecule has 2 aromatic carbocycles. The molecule has 0 aromatic heterocycles. The van der Waals surface area contributed by atoms with Gasteiger partial charge in [0, 0.05) is 26.2 Å². The Morgan fingerprint density at radius 3 is 1.31 bits per heavy atom. The number of nitrogens with one attached hydrogen (secondary N) is 2. The first-order valence-electron chi connectivity index (χ1n) is 9.63. The summed E-state index contributed by atoms with van der Waals surface area (Å²) in [4.78, 5) is 0.0241. The van der Waals surface area contributed by atoms with Crippen LogP contribution in [-0.4, -0.2) is 59.4 Å². The average molecular weight is 439 g/mol. The molecule has 0 aliphatic carbocycles. The monoisotopic (exact) mass is 438 g/mol. The van der Waals surface area contributed by atoms with Crippen molar-refractivity contribution >= 4 is 20.0 Å². The van der Waals surface area contributed by atoms with Gasteiger partial charge in [0.2, 0.25) is 0 Å². The summed E-state index contributed by atoms with van der Waals surface area (Å²) in [5.74, 6) is 0. The van der Waals surface area contributed by atoms with Crippen LogP contribution in [0.15, 0.2) is 58.3 Å². The van der Waals surface area contributed by atoms with Crippen molar-refractivity contribution in [3.63, 3.8) is 0 Å². The number of benzene rings is 2. The van der Waals surface area contributed by atoms with Gasteiger partial charge in [0.05, 0.1) is 0 Å². The summed E-state index contributed by atoms with van der Waals surface area (Å²) in [5, 5.41) is 6.28. The van der Waals surface area contributed by atoms with Crippen LogP contribution < -0.4 is 10.6 Å². The van der Waals surface area contributed by atoms with E-state index in [4.69, 9.17) is 0 Å². The maximum atomic E-state index is 13.8. The van der Waals surface area contributed by atoms with Gasteiger partial charge >= 0.3 is 20.0 Å². The molecule has 0 unspecified atom stereocenters. The standard InChI is InChI=1S/C20H28N3O4S2/c1-17-3-7-19(8-4-17)28(24,25)23(15-13-21-11-12-22-14-16-23)29(26,27)20-9-5-18(2)6-10-20/h3-10,21-22H,11-16H2,1-2H3/q+1. The Kier molecular flexibility index (Phi) is 6.45. The smallest absolute Gasteiger partial charge is 0.310 e. The Morgan fingerprint density at radius 1 is 0.621 bits per heavy atom. The van der Waals surface area contributed by atoms with Crippen molar-refractivity contribution in [2.45, 2.75) is 23.6 Å². The van der Waals surface area contributed by atoms with Crippen molar-refractivity contribution in [1.29, 1.82) is 0 Å². The lowest BCUT2D eigenvalue weighted by Crippen LogP contribution is -2.60. The van der Waals surface area contributed by atoms with Crippen LogP contribution in [-0.2, 0) is 20.0 Å². The van der Waals surface area contributed by atoms with Crippen LogP contribution in [0.3, 0.4) is 0 Å². The molecule has 0 radical (unpaired) electrons. The van der Waals surface area contributed by atoms with Crippen LogP contribution in [0, 0.1) is 13.8 Å². The first kappa shape index (κ1) is 21.9. The molecule has 158 valence electrons. The summed E-state index contributed by atoms with van der Waals surface area (Å²) in [6.45, 7) is 5.41. The number of rotatable bonds is 4. The van der Waals surface area contributed by atoms with Crippen LogP contribution in [0.1, 0.15) is 11.1 Å². The third-order valence-corrected chi connectivity index (χ3v) is 10.6. The second-order valence-corrected chi connectivity index (χ2v) is 11.8. The molecule has 0 saturated carbocycles. The largest absolute Gasteiger partial charge is 0.342 e. The minimum atomic E-state index is -4.24. The third-order valence-electron chi connectivity index (χ3n) is 5.25. The molecule has 1 fully saturated rings. The van der Waals surface area contributed by atoms with E-state index in [1.165, 1.54) is 24.3 Å². The highest BCUT2D eigenvalue weighted by Crippen LogP contribution is 2.33. The van der Waals surface area contributed by atoms with Gasteiger partial charge in [-0.25, -0.2) is 0 Å². The fourth-order valence-electron chi connectivity index (χ4n) is 3.45. The van der Waals surface area contributed by atoms with E-state index in [9.17, 15) is 16.8 Å². The first-order valence-corrected chi connectivity index (χ1v) is 12.5. The zero-order valence-electron chi connectivity index (χ0n) is 16.8. The molecule has 29 heavy (non-hydrogen) atoms. The van der Waals surface area contributed by atoms with Gasteiger partial charge in [-0.3, -0.25) is 0 Å². The molecule has 2 aromatic rings. The van der Waals surface area contributed by atoms with Gasteiger partial charge in [0.1, 0.15) is 22.9 Å². The van der Waals surface area contributed by atoms with Gasteiger partial charge in [-0.1, -0.05) is 35.4 Å². The van der Waals surface area contributed by atoms with Crippen LogP contribution in [0.25, 0.3) is 0 Å². The number of quaternary nitrogens is 1. The molecule has 2 N–H and O–H groups in total. The van der Waals surface area contributed by atoms with E-state index >= 15 is 0 Å². The van der Waals surface area contributed by atoms with E-state index in [1.807, 2.05) is 13.8 Å². The highest BCUT2D eigenvalue weighted by molar-refractivity contribution is 7.98. The summed E-state index contributed by atoms with van der Waals surface area (Å²) in [6, 6.07) is 12.7. The van der Waals surface area contributed by atoms with E-state index in [1.54, 1.807) is 24.3 Å². The number of hydrogen-bond donors (Lipinski definition) is 2. The minimum Gasteiger partial charge on any atom is -0.310 e. The SMILES string of the molecule is Cc1ccc(S(=O)(=O)[N+]2(S(=O)(=O)c3ccc(C)cc3)CCNCCNCC2)cc1. The molecular formula is C20H28N3O4S2+. The van der Waals surface area contributed by atoms with Crippen molar-refractivity contribution in [2.75, 3.05) is 39.3 Å². The van der Waals surface area contributed by atoms with Crippen LogP contribution in [0.2, 0.25) is 0 Å². The van der Waals surface area contributed by atoms with Gasteiger partial charge in [0.15, 0.2) is 0 Å². The predicted molar refractivity (Wildman–Crippen MR) is 112 cm³/mol. The highest BCUT2D eigenvalue weighted by Gasteiger charge is 2.54. The Balaban J connectivity index is 2.23. The van der Waals surface area contributed by atoms with Gasteiger partial charge in [0.25, 0.3) is 0 Å². The van der Waals surface area contributed by atoms with E-state index in [0.29, 0.717) is 13.1 Å².